The maximum Gasteiger partial charge on any atom is 0.329 e. The minimum atomic E-state index is -1.11. The van der Waals surface area contributed by atoms with Crippen molar-refractivity contribution in [2.75, 3.05) is 5.32 Å². The first-order chi connectivity index (χ1) is 8.03. The van der Waals surface area contributed by atoms with Crippen molar-refractivity contribution in [1.82, 2.24) is 0 Å². The summed E-state index contributed by atoms with van der Waals surface area (Å²) in [4.78, 5) is 11.2. The molecule has 1 aliphatic carbocycles. The SMILES string of the molecule is O=C(O)C1(Nc2ccc(F)cc2F)CCCC1. The third-order valence-corrected chi connectivity index (χ3v) is 3.17. The van der Waals surface area contributed by atoms with Gasteiger partial charge in [-0.1, -0.05) is 12.8 Å². The maximum atomic E-state index is 13.4. The second-order valence-electron chi connectivity index (χ2n) is 4.34. The van der Waals surface area contributed by atoms with Gasteiger partial charge in [0.25, 0.3) is 0 Å². The molecule has 0 aliphatic heterocycles. The zero-order chi connectivity index (χ0) is 12.5. The summed E-state index contributed by atoms with van der Waals surface area (Å²) in [6.07, 6.45) is 2.50. The van der Waals surface area contributed by atoms with Crippen LogP contribution < -0.4 is 5.32 Å². The molecular weight excluding hydrogens is 228 g/mol. The number of hydrogen-bond donors (Lipinski definition) is 2. The quantitative estimate of drug-likeness (QED) is 0.855. The smallest absolute Gasteiger partial charge is 0.329 e. The molecule has 0 aromatic heterocycles. The van der Waals surface area contributed by atoms with Gasteiger partial charge in [-0.05, 0) is 25.0 Å². The number of rotatable bonds is 3. The molecule has 0 radical (unpaired) electrons. The van der Waals surface area contributed by atoms with Crippen molar-refractivity contribution in [2.45, 2.75) is 31.2 Å². The van der Waals surface area contributed by atoms with Crippen molar-refractivity contribution in [3.63, 3.8) is 0 Å². The van der Waals surface area contributed by atoms with Gasteiger partial charge in [-0.3, -0.25) is 0 Å². The summed E-state index contributed by atoms with van der Waals surface area (Å²) >= 11 is 0. The van der Waals surface area contributed by atoms with Crippen LogP contribution in [0.25, 0.3) is 0 Å². The molecule has 1 saturated carbocycles. The Morgan fingerprint density at radius 3 is 2.47 bits per heavy atom. The first-order valence-corrected chi connectivity index (χ1v) is 5.50. The highest BCUT2D eigenvalue weighted by molar-refractivity contribution is 5.83. The largest absolute Gasteiger partial charge is 0.480 e. The number of carboxylic acids is 1. The first kappa shape index (κ1) is 11.8. The van der Waals surface area contributed by atoms with E-state index in [2.05, 4.69) is 5.32 Å². The minimum Gasteiger partial charge on any atom is -0.480 e. The van der Waals surface area contributed by atoms with E-state index in [0.29, 0.717) is 12.8 Å². The molecule has 1 aliphatic rings. The lowest BCUT2D eigenvalue weighted by Gasteiger charge is -2.26. The van der Waals surface area contributed by atoms with E-state index in [1.165, 1.54) is 6.07 Å². The fraction of sp³-hybridized carbons (Fsp3) is 0.417. The normalized spacial score (nSPS) is 18.0. The minimum absolute atomic E-state index is 0.0377. The third kappa shape index (κ3) is 2.23. The van der Waals surface area contributed by atoms with E-state index in [1.54, 1.807) is 0 Å². The molecule has 0 amide bonds. The van der Waals surface area contributed by atoms with Crippen molar-refractivity contribution in [3.8, 4) is 0 Å². The summed E-state index contributed by atoms with van der Waals surface area (Å²) in [5.74, 6) is -2.43. The number of nitrogens with one attached hydrogen (secondary N) is 1. The zero-order valence-corrected chi connectivity index (χ0v) is 9.17. The summed E-state index contributed by atoms with van der Waals surface area (Å²) in [5.41, 5.74) is -1.07. The lowest BCUT2D eigenvalue weighted by Crippen LogP contribution is -2.43. The topological polar surface area (TPSA) is 49.3 Å². The van der Waals surface area contributed by atoms with Gasteiger partial charge in [-0.15, -0.1) is 0 Å². The number of halogens is 2. The monoisotopic (exact) mass is 241 g/mol. The molecule has 0 saturated heterocycles. The summed E-state index contributed by atoms with van der Waals surface area (Å²) < 4.78 is 26.2. The van der Waals surface area contributed by atoms with Crippen LogP contribution in [0.3, 0.4) is 0 Å². The highest BCUT2D eigenvalue weighted by Gasteiger charge is 2.41. The average molecular weight is 241 g/mol. The summed E-state index contributed by atoms with van der Waals surface area (Å²) in [5, 5.41) is 11.9. The molecule has 3 nitrogen and oxygen atoms in total. The van der Waals surface area contributed by atoms with Gasteiger partial charge < -0.3 is 10.4 Å². The molecule has 17 heavy (non-hydrogen) atoms. The van der Waals surface area contributed by atoms with Crippen molar-refractivity contribution < 1.29 is 18.7 Å². The zero-order valence-electron chi connectivity index (χ0n) is 9.17. The van der Waals surface area contributed by atoms with Crippen LogP contribution in [-0.2, 0) is 4.79 Å². The van der Waals surface area contributed by atoms with Crippen molar-refractivity contribution in [3.05, 3.63) is 29.8 Å². The molecule has 1 fully saturated rings. The fourth-order valence-corrected chi connectivity index (χ4v) is 2.22. The molecule has 0 spiro atoms. The van der Waals surface area contributed by atoms with E-state index in [1.807, 2.05) is 0 Å². The predicted octanol–water partition coefficient (Wildman–Crippen LogP) is 2.77. The van der Waals surface area contributed by atoms with Gasteiger partial charge >= 0.3 is 5.97 Å². The van der Waals surface area contributed by atoms with E-state index in [4.69, 9.17) is 0 Å². The van der Waals surface area contributed by atoms with E-state index < -0.39 is 23.1 Å². The molecule has 2 rings (SSSR count). The Morgan fingerprint density at radius 2 is 1.94 bits per heavy atom. The Balaban J connectivity index is 2.26. The summed E-state index contributed by atoms with van der Waals surface area (Å²) in [6.45, 7) is 0. The number of benzene rings is 1. The number of hydrogen-bond acceptors (Lipinski definition) is 2. The Labute approximate surface area is 97.5 Å². The lowest BCUT2D eigenvalue weighted by atomic mass is 9.97. The van der Waals surface area contributed by atoms with E-state index >= 15 is 0 Å². The number of carbonyl (C=O) groups is 1. The van der Waals surface area contributed by atoms with Crippen molar-refractivity contribution in [1.29, 1.82) is 0 Å². The second kappa shape index (κ2) is 4.31. The van der Waals surface area contributed by atoms with Crippen LogP contribution in [0.1, 0.15) is 25.7 Å². The molecule has 0 heterocycles. The van der Waals surface area contributed by atoms with Crippen molar-refractivity contribution >= 4 is 11.7 Å². The van der Waals surface area contributed by atoms with Gasteiger partial charge in [0.05, 0.1) is 5.69 Å². The van der Waals surface area contributed by atoms with Gasteiger partial charge in [0.2, 0.25) is 0 Å². The Bertz CT molecular complexity index is 442. The Hall–Kier alpha value is -1.65. The second-order valence-corrected chi connectivity index (χ2v) is 4.34. The highest BCUT2D eigenvalue weighted by atomic mass is 19.1. The van der Waals surface area contributed by atoms with Gasteiger partial charge in [0, 0.05) is 6.07 Å². The van der Waals surface area contributed by atoms with E-state index in [-0.39, 0.29) is 5.69 Å². The number of anilines is 1. The average Bonchev–Trinajstić information content (AvgIpc) is 2.72. The molecule has 1 aromatic rings. The van der Waals surface area contributed by atoms with Gasteiger partial charge in [-0.25, -0.2) is 13.6 Å². The molecule has 2 N–H and O–H groups in total. The highest BCUT2D eigenvalue weighted by Crippen LogP contribution is 2.34. The van der Waals surface area contributed by atoms with Crippen LogP contribution in [0.15, 0.2) is 18.2 Å². The van der Waals surface area contributed by atoms with E-state index in [9.17, 15) is 18.7 Å². The summed E-state index contributed by atoms with van der Waals surface area (Å²) in [7, 11) is 0. The van der Waals surface area contributed by atoms with Crippen LogP contribution >= 0.6 is 0 Å². The van der Waals surface area contributed by atoms with Crippen LogP contribution in [-0.4, -0.2) is 16.6 Å². The molecule has 0 bridgehead atoms. The molecule has 92 valence electrons. The van der Waals surface area contributed by atoms with Crippen LogP contribution in [0.5, 0.6) is 0 Å². The molecule has 5 heteroatoms. The molecule has 0 unspecified atom stereocenters. The third-order valence-electron chi connectivity index (χ3n) is 3.17. The summed E-state index contributed by atoms with van der Waals surface area (Å²) in [6, 6.07) is 3.08. The predicted molar refractivity (Wildman–Crippen MR) is 58.8 cm³/mol. The van der Waals surface area contributed by atoms with Crippen molar-refractivity contribution in [2.24, 2.45) is 0 Å². The Morgan fingerprint density at radius 1 is 1.29 bits per heavy atom. The maximum absolute atomic E-state index is 13.4. The molecule has 0 atom stereocenters. The molecule has 1 aromatic carbocycles. The first-order valence-electron chi connectivity index (χ1n) is 5.50. The fourth-order valence-electron chi connectivity index (χ4n) is 2.22. The van der Waals surface area contributed by atoms with Gasteiger partial charge in [-0.2, -0.15) is 0 Å². The van der Waals surface area contributed by atoms with Gasteiger partial charge in [0.15, 0.2) is 0 Å². The van der Waals surface area contributed by atoms with Gasteiger partial charge in [0.1, 0.15) is 17.2 Å². The van der Waals surface area contributed by atoms with E-state index in [0.717, 1.165) is 25.0 Å². The lowest BCUT2D eigenvalue weighted by molar-refractivity contribution is -0.142. The number of carboxylic acid groups (broad SMARTS) is 1. The number of aliphatic carboxylic acids is 1. The van der Waals surface area contributed by atoms with Crippen LogP contribution in [0.2, 0.25) is 0 Å². The standard InChI is InChI=1S/C12H13F2NO2/c13-8-3-4-10(9(14)7-8)15-12(11(16)17)5-1-2-6-12/h3-4,7,15H,1-2,5-6H2,(H,16,17). The van der Waals surface area contributed by atoms with Crippen LogP contribution in [0.4, 0.5) is 14.5 Å². The van der Waals surface area contributed by atoms with Crippen LogP contribution in [0, 0.1) is 11.6 Å². The molecular formula is C12H13F2NO2. The Kier molecular flexibility index (Phi) is 3.00.